The molecule has 2 fully saturated rings. The lowest BCUT2D eigenvalue weighted by Gasteiger charge is -2.31. The Balaban J connectivity index is 1.96. The van der Waals surface area contributed by atoms with Crippen LogP contribution in [-0.2, 0) is 14.4 Å². The van der Waals surface area contributed by atoms with Crippen LogP contribution < -0.4 is 5.32 Å². The molecule has 6 heteroatoms. The maximum absolute atomic E-state index is 12.5. The number of nitrogens with one attached hydrogen (secondary N) is 1. The van der Waals surface area contributed by atoms with Gasteiger partial charge >= 0.3 is 5.97 Å². The van der Waals surface area contributed by atoms with Gasteiger partial charge in [-0.25, -0.2) is 0 Å². The van der Waals surface area contributed by atoms with E-state index in [9.17, 15) is 19.5 Å². The van der Waals surface area contributed by atoms with Crippen molar-refractivity contribution in [1.29, 1.82) is 0 Å². The van der Waals surface area contributed by atoms with Crippen LogP contribution in [0.15, 0.2) is 0 Å². The molecule has 0 spiro atoms. The van der Waals surface area contributed by atoms with Gasteiger partial charge in [-0.15, -0.1) is 0 Å². The van der Waals surface area contributed by atoms with Gasteiger partial charge in [0.1, 0.15) is 0 Å². The Hall–Kier alpha value is -1.59. The minimum atomic E-state index is -0.861. The largest absolute Gasteiger partial charge is 0.481 e. The van der Waals surface area contributed by atoms with E-state index >= 15 is 0 Å². The van der Waals surface area contributed by atoms with Gasteiger partial charge in [-0.05, 0) is 19.3 Å². The first-order chi connectivity index (χ1) is 9.49. The number of rotatable bonds is 3. The van der Waals surface area contributed by atoms with Crippen LogP contribution in [-0.4, -0.2) is 46.9 Å². The summed E-state index contributed by atoms with van der Waals surface area (Å²) in [6.07, 6.45) is 3.81. The first-order valence-corrected chi connectivity index (χ1v) is 7.27. The van der Waals surface area contributed by atoms with E-state index in [1.165, 1.54) is 6.92 Å². The molecule has 6 nitrogen and oxygen atoms in total. The molecule has 112 valence electrons. The number of likely N-dealkylation sites (tertiary alicyclic amines) is 1. The quantitative estimate of drug-likeness (QED) is 0.794. The van der Waals surface area contributed by atoms with Crippen molar-refractivity contribution in [1.82, 2.24) is 10.2 Å². The number of hydrogen-bond acceptors (Lipinski definition) is 3. The molecule has 1 saturated carbocycles. The average Bonchev–Trinajstić information content (AvgIpc) is 2.85. The maximum atomic E-state index is 12.5. The molecule has 0 aromatic carbocycles. The highest BCUT2D eigenvalue weighted by Crippen LogP contribution is 2.32. The molecule has 0 aromatic heterocycles. The molecule has 2 amide bonds. The second-order valence-corrected chi connectivity index (χ2v) is 5.81. The molecule has 1 unspecified atom stereocenters. The summed E-state index contributed by atoms with van der Waals surface area (Å²) < 4.78 is 0. The van der Waals surface area contributed by atoms with Crippen molar-refractivity contribution < 1.29 is 19.5 Å². The fourth-order valence-corrected chi connectivity index (χ4v) is 3.32. The third-order valence-electron chi connectivity index (χ3n) is 4.31. The Kier molecular flexibility index (Phi) is 4.62. The van der Waals surface area contributed by atoms with Gasteiger partial charge in [0, 0.05) is 26.1 Å². The molecule has 1 heterocycles. The number of hydrogen-bond donors (Lipinski definition) is 2. The van der Waals surface area contributed by atoms with Crippen LogP contribution in [0.2, 0.25) is 0 Å². The van der Waals surface area contributed by atoms with E-state index in [0.717, 1.165) is 19.3 Å². The van der Waals surface area contributed by atoms with E-state index in [1.54, 1.807) is 4.90 Å². The van der Waals surface area contributed by atoms with Crippen molar-refractivity contribution in [3.8, 4) is 0 Å². The van der Waals surface area contributed by atoms with Gasteiger partial charge in [0.25, 0.3) is 0 Å². The third kappa shape index (κ3) is 3.29. The zero-order valence-electron chi connectivity index (χ0n) is 11.8. The second-order valence-electron chi connectivity index (χ2n) is 5.81. The molecule has 3 atom stereocenters. The number of carboxylic acids is 1. The van der Waals surface area contributed by atoms with Crippen LogP contribution in [0.25, 0.3) is 0 Å². The highest BCUT2D eigenvalue weighted by Gasteiger charge is 2.39. The van der Waals surface area contributed by atoms with Crippen molar-refractivity contribution in [2.45, 2.75) is 45.1 Å². The summed E-state index contributed by atoms with van der Waals surface area (Å²) >= 11 is 0. The highest BCUT2D eigenvalue weighted by molar-refractivity contribution is 5.85. The van der Waals surface area contributed by atoms with Crippen LogP contribution in [0, 0.1) is 11.8 Å². The Labute approximate surface area is 118 Å². The van der Waals surface area contributed by atoms with Gasteiger partial charge in [0.05, 0.1) is 11.8 Å². The number of carbonyl (C=O) groups is 3. The summed E-state index contributed by atoms with van der Waals surface area (Å²) in [5.41, 5.74) is 0. The van der Waals surface area contributed by atoms with E-state index in [-0.39, 0.29) is 17.9 Å². The number of aliphatic carboxylic acids is 1. The lowest BCUT2D eigenvalue weighted by Crippen LogP contribution is -2.43. The lowest BCUT2D eigenvalue weighted by molar-refractivity contribution is -0.151. The minimum absolute atomic E-state index is 0.00307. The van der Waals surface area contributed by atoms with E-state index in [2.05, 4.69) is 5.32 Å². The molecule has 0 bridgehead atoms. The highest BCUT2D eigenvalue weighted by atomic mass is 16.4. The van der Waals surface area contributed by atoms with Crippen LogP contribution in [0.1, 0.15) is 39.0 Å². The number of carboxylic acid groups (broad SMARTS) is 1. The van der Waals surface area contributed by atoms with E-state index in [4.69, 9.17) is 0 Å². The van der Waals surface area contributed by atoms with Gasteiger partial charge in [0.2, 0.25) is 11.8 Å². The summed E-state index contributed by atoms with van der Waals surface area (Å²) in [6.45, 7) is 2.57. The van der Waals surface area contributed by atoms with E-state index in [1.807, 2.05) is 0 Å². The average molecular weight is 282 g/mol. The normalized spacial score (nSPS) is 30.1. The Morgan fingerprint density at radius 2 is 1.75 bits per heavy atom. The first-order valence-electron chi connectivity index (χ1n) is 7.27. The van der Waals surface area contributed by atoms with Gasteiger partial charge < -0.3 is 15.3 Å². The molecule has 2 rings (SSSR count). The van der Waals surface area contributed by atoms with E-state index < -0.39 is 17.8 Å². The summed E-state index contributed by atoms with van der Waals surface area (Å²) in [4.78, 5) is 36.5. The molecule has 2 N–H and O–H groups in total. The maximum Gasteiger partial charge on any atom is 0.307 e. The summed E-state index contributed by atoms with van der Waals surface area (Å²) in [5, 5.41) is 12.1. The van der Waals surface area contributed by atoms with Crippen LogP contribution in [0.5, 0.6) is 0 Å². The van der Waals surface area contributed by atoms with Crippen LogP contribution in [0.3, 0.4) is 0 Å². The molecule has 2 aliphatic rings. The SMILES string of the molecule is CC(=O)NC1CCN(C(=O)[C@@H]2CCCC[C@@H]2C(=O)O)C1. The predicted molar refractivity (Wildman–Crippen MR) is 71.9 cm³/mol. The number of amides is 2. The van der Waals surface area contributed by atoms with E-state index in [0.29, 0.717) is 25.9 Å². The second kappa shape index (κ2) is 6.24. The zero-order chi connectivity index (χ0) is 14.7. The van der Waals surface area contributed by atoms with Crippen molar-refractivity contribution in [3.05, 3.63) is 0 Å². The summed E-state index contributed by atoms with van der Waals surface area (Å²) in [5.74, 6) is -1.94. The van der Waals surface area contributed by atoms with Crippen LogP contribution in [0.4, 0.5) is 0 Å². The van der Waals surface area contributed by atoms with Gasteiger partial charge in [0.15, 0.2) is 0 Å². The molecule has 1 saturated heterocycles. The minimum Gasteiger partial charge on any atom is -0.481 e. The van der Waals surface area contributed by atoms with Gasteiger partial charge in [-0.3, -0.25) is 14.4 Å². The monoisotopic (exact) mass is 282 g/mol. The Morgan fingerprint density at radius 1 is 1.10 bits per heavy atom. The molecule has 20 heavy (non-hydrogen) atoms. The van der Waals surface area contributed by atoms with Gasteiger partial charge in [-0.2, -0.15) is 0 Å². The van der Waals surface area contributed by atoms with Crippen molar-refractivity contribution in [2.24, 2.45) is 11.8 Å². The summed E-state index contributed by atoms with van der Waals surface area (Å²) in [7, 11) is 0. The van der Waals surface area contributed by atoms with Crippen LogP contribution >= 0.6 is 0 Å². The van der Waals surface area contributed by atoms with Crippen molar-refractivity contribution >= 4 is 17.8 Å². The Morgan fingerprint density at radius 3 is 2.35 bits per heavy atom. The standard InChI is InChI=1S/C14H22N2O4/c1-9(17)15-10-6-7-16(8-10)13(18)11-4-2-3-5-12(11)14(19)20/h10-12H,2-8H2,1H3,(H,15,17)(H,19,20)/t10?,11-,12+/m1/s1. The lowest BCUT2D eigenvalue weighted by atomic mass is 9.78. The molecule has 1 aliphatic carbocycles. The fraction of sp³-hybridized carbons (Fsp3) is 0.786. The first kappa shape index (κ1) is 14.8. The Bertz CT molecular complexity index is 410. The molecule has 0 aromatic rings. The van der Waals surface area contributed by atoms with Crippen molar-refractivity contribution in [2.75, 3.05) is 13.1 Å². The molecule has 1 aliphatic heterocycles. The molecular formula is C14H22N2O4. The molecular weight excluding hydrogens is 260 g/mol. The third-order valence-corrected chi connectivity index (χ3v) is 4.31. The van der Waals surface area contributed by atoms with Crippen molar-refractivity contribution in [3.63, 3.8) is 0 Å². The summed E-state index contributed by atoms with van der Waals surface area (Å²) in [6, 6.07) is 0.00307. The van der Waals surface area contributed by atoms with Gasteiger partial charge in [-0.1, -0.05) is 12.8 Å². The number of nitrogens with zero attached hydrogens (tertiary/aromatic N) is 1. The molecule has 0 radical (unpaired) electrons. The topological polar surface area (TPSA) is 86.7 Å². The smallest absolute Gasteiger partial charge is 0.307 e. The fourth-order valence-electron chi connectivity index (χ4n) is 3.32. The predicted octanol–water partition coefficient (Wildman–Crippen LogP) is 0.614. The zero-order valence-corrected chi connectivity index (χ0v) is 11.8. The number of carbonyl (C=O) groups excluding carboxylic acids is 2.